The normalized spacial score (nSPS) is 20.4. The van der Waals surface area contributed by atoms with Crippen LogP contribution < -0.4 is 0 Å². The molecule has 0 aromatic heterocycles. The minimum atomic E-state index is 0.0463. The van der Waals surface area contributed by atoms with Crippen molar-refractivity contribution >= 4 is 11.7 Å². The molecule has 1 aromatic carbocycles. The number of Topliss-reactive ketones (excluding diaryl/α,β-unsaturated/α-hetero) is 1. The summed E-state index contributed by atoms with van der Waals surface area (Å²) in [7, 11) is 0. The lowest BCUT2D eigenvalue weighted by Crippen LogP contribution is -2.46. The summed E-state index contributed by atoms with van der Waals surface area (Å²) in [6.45, 7) is 2.58. The Hall–Kier alpha value is -1.64. The molecule has 1 heterocycles. The van der Waals surface area contributed by atoms with E-state index in [1.165, 1.54) is 0 Å². The summed E-state index contributed by atoms with van der Waals surface area (Å²) in [4.78, 5) is 25.5. The number of piperidine rings is 1. The van der Waals surface area contributed by atoms with E-state index in [1.54, 1.807) is 0 Å². The van der Waals surface area contributed by atoms with Crippen molar-refractivity contribution in [2.45, 2.75) is 32.2 Å². The number of rotatable bonds is 2. The van der Waals surface area contributed by atoms with Gasteiger partial charge in [-0.2, -0.15) is 0 Å². The lowest BCUT2D eigenvalue weighted by atomic mass is 9.98. The highest BCUT2D eigenvalue weighted by atomic mass is 16.2. The fourth-order valence-corrected chi connectivity index (χ4v) is 2.28. The zero-order chi connectivity index (χ0) is 12.3. The van der Waals surface area contributed by atoms with Gasteiger partial charge in [-0.05, 0) is 18.6 Å². The van der Waals surface area contributed by atoms with Crippen molar-refractivity contribution in [1.29, 1.82) is 0 Å². The Morgan fingerprint density at radius 1 is 1.35 bits per heavy atom. The summed E-state index contributed by atoms with van der Waals surface area (Å²) < 4.78 is 0. The van der Waals surface area contributed by atoms with Crippen molar-refractivity contribution in [1.82, 2.24) is 4.90 Å². The van der Waals surface area contributed by atoms with Crippen LogP contribution in [0.4, 0.5) is 0 Å². The highest BCUT2D eigenvalue weighted by molar-refractivity contribution is 5.95. The Kier molecular flexibility index (Phi) is 3.57. The van der Waals surface area contributed by atoms with Gasteiger partial charge < -0.3 is 4.90 Å². The average Bonchev–Trinajstić information content (AvgIpc) is 2.39. The number of carbonyl (C=O) groups excluding carboxylic acids is 2. The molecule has 1 saturated heterocycles. The van der Waals surface area contributed by atoms with Gasteiger partial charge >= 0.3 is 0 Å². The SMILES string of the molecule is CCC1CC(=O)CCN1C(=O)c1ccccc1. The Bertz CT molecular complexity index is 413. The average molecular weight is 231 g/mol. The molecule has 1 unspecified atom stereocenters. The molecule has 2 rings (SSSR count). The molecule has 0 N–H and O–H groups in total. The summed E-state index contributed by atoms with van der Waals surface area (Å²) in [5, 5.41) is 0. The van der Waals surface area contributed by atoms with Crippen LogP contribution in [-0.4, -0.2) is 29.2 Å². The number of amides is 1. The zero-order valence-electron chi connectivity index (χ0n) is 10.1. The molecule has 1 aromatic rings. The predicted octanol–water partition coefficient (Wildman–Crippen LogP) is 2.27. The Morgan fingerprint density at radius 3 is 2.71 bits per heavy atom. The van der Waals surface area contributed by atoms with Crippen molar-refractivity contribution in [3.63, 3.8) is 0 Å². The second-order valence-electron chi connectivity index (χ2n) is 4.42. The minimum absolute atomic E-state index is 0.0463. The number of likely N-dealkylation sites (tertiary alicyclic amines) is 1. The molecule has 1 aliphatic heterocycles. The zero-order valence-corrected chi connectivity index (χ0v) is 10.1. The number of carbonyl (C=O) groups is 2. The summed E-state index contributed by atoms with van der Waals surface area (Å²) in [6.07, 6.45) is 1.84. The van der Waals surface area contributed by atoms with Crippen LogP contribution >= 0.6 is 0 Å². The maximum Gasteiger partial charge on any atom is 0.254 e. The van der Waals surface area contributed by atoms with E-state index in [4.69, 9.17) is 0 Å². The van der Waals surface area contributed by atoms with E-state index >= 15 is 0 Å². The van der Waals surface area contributed by atoms with Crippen molar-refractivity contribution in [2.24, 2.45) is 0 Å². The van der Waals surface area contributed by atoms with Crippen LogP contribution in [0.5, 0.6) is 0 Å². The molecule has 1 aliphatic rings. The highest BCUT2D eigenvalue weighted by Crippen LogP contribution is 2.19. The van der Waals surface area contributed by atoms with Crippen LogP contribution in [0.2, 0.25) is 0 Å². The van der Waals surface area contributed by atoms with E-state index in [1.807, 2.05) is 42.2 Å². The molecule has 0 bridgehead atoms. The Morgan fingerprint density at radius 2 is 2.06 bits per heavy atom. The monoisotopic (exact) mass is 231 g/mol. The van der Waals surface area contributed by atoms with Crippen LogP contribution in [0.25, 0.3) is 0 Å². The molecule has 3 heteroatoms. The smallest absolute Gasteiger partial charge is 0.254 e. The molecule has 1 amide bonds. The van der Waals surface area contributed by atoms with Crippen molar-refractivity contribution in [3.8, 4) is 0 Å². The summed E-state index contributed by atoms with van der Waals surface area (Å²) in [5.74, 6) is 0.318. The number of hydrogen-bond donors (Lipinski definition) is 0. The van der Waals surface area contributed by atoms with Crippen LogP contribution in [-0.2, 0) is 4.79 Å². The first kappa shape index (κ1) is 11.8. The maximum atomic E-state index is 12.3. The number of nitrogens with zero attached hydrogens (tertiary/aromatic N) is 1. The van der Waals surface area contributed by atoms with E-state index in [9.17, 15) is 9.59 Å². The van der Waals surface area contributed by atoms with Gasteiger partial charge in [0.15, 0.2) is 0 Å². The van der Waals surface area contributed by atoms with Gasteiger partial charge in [0.05, 0.1) is 0 Å². The van der Waals surface area contributed by atoms with E-state index in [0.29, 0.717) is 24.9 Å². The van der Waals surface area contributed by atoms with Crippen molar-refractivity contribution in [3.05, 3.63) is 35.9 Å². The maximum absolute atomic E-state index is 12.3. The second kappa shape index (κ2) is 5.13. The van der Waals surface area contributed by atoms with Gasteiger partial charge in [-0.3, -0.25) is 9.59 Å². The molecule has 0 radical (unpaired) electrons. The third-order valence-corrected chi connectivity index (χ3v) is 3.29. The number of hydrogen-bond acceptors (Lipinski definition) is 2. The topological polar surface area (TPSA) is 37.4 Å². The quantitative estimate of drug-likeness (QED) is 0.783. The lowest BCUT2D eigenvalue weighted by Gasteiger charge is -2.34. The molecule has 1 fully saturated rings. The third kappa shape index (κ3) is 2.54. The molecule has 0 aliphatic carbocycles. The Labute approximate surface area is 101 Å². The second-order valence-corrected chi connectivity index (χ2v) is 4.42. The molecule has 90 valence electrons. The van der Waals surface area contributed by atoms with Gasteiger partial charge in [-0.1, -0.05) is 25.1 Å². The summed E-state index contributed by atoms with van der Waals surface area (Å²) in [5.41, 5.74) is 0.709. The minimum Gasteiger partial charge on any atom is -0.335 e. The van der Waals surface area contributed by atoms with Crippen molar-refractivity contribution in [2.75, 3.05) is 6.54 Å². The van der Waals surface area contributed by atoms with Gasteiger partial charge in [0.25, 0.3) is 5.91 Å². The van der Waals surface area contributed by atoms with E-state index in [2.05, 4.69) is 0 Å². The highest BCUT2D eigenvalue weighted by Gasteiger charge is 2.29. The van der Waals surface area contributed by atoms with E-state index < -0.39 is 0 Å². The van der Waals surface area contributed by atoms with Crippen LogP contribution in [0.3, 0.4) is 0 Å². The fraction of sp³-hybridized carbons (Fsp3) is 0.429. The first-order chi connectivity index (χ1) is 8.22. The predicted molar refractivity (Wildman–Crippen MR) is 65.8 cm³/mol. The summed E-state index contributed by atoms with van der Waals surface area (Å²) in [6, 6.07) is 9.35. The third-order valence-electron chi connectivity index (χ3n) is 3.29. The molecule has 1 atom stereocenters. The largest absolute Gasteiger partial charge is 0.335 e. The van der Waals surface area contributed by atoms with Crippen LogP contribution in [0, 0.1) is 0 Å². The first-order valence-corrected chi connectivity index (χ1v) is 6.10. The first-order valence-electron chi connectivity index (χ1n) is 6.10. The van der Waals surface area contributed by atoms with Crippen LogP contribution in [0.15, 0.2) is 30.3 Å². The lowest BCUT2D eigenvalue weighted by molar-refractivity contribution is -0.122. The van der Waals surface area contributed by atoms with Gasteiger partial charge in [0.1, 0.15) is 5.78 Å². The molecular weight excluding hydrogens is 214 g/mol. The molecule has 17 heavy (non-hydrogen) atoms. The van der Waals surface area contributed by atoms with Gasteiger partial charge in [0, 0.05) is 31.0 Å². The number of benzene rings is 1. The summed E-state index contributed by atoms with van der Waals surface area (Å²) >= 11 is 0. The molecule has 0 spiro atoms. The molecular formula is C14H17NO2. The van der Waals surface area contributed by atoms with Gasteiger partial charge in [0.2, 0.25) is 0 Å². The number of ketones is 1. The van der Waals surface area contributed by atoms with E-state index in [0.717, 1.165) is 6.42 Å². The molecule has 0 saturated carbocycles. The standard InChI is InChI=1S/C14H17NO2/c1-2-12-10-13(16)8-9-15(12)14(17)11-6-4-3-5-7-11/h3-7,12H,2,8-10H2,1H3. The van der Waals surface area contributed by atoms with Crippen LogP contribution in [0.1, 0.15) is 36.5 Å². The molecule has 3 nitrogen and oxygen atoms in total. The fourth-order valence-electron chi connectivity index (χ4n) is 2.28. The van der Waals surface area contributed by atoms with E-state index in [-0.39, 0.29) is 17.7 Å². The van der Waals surface area contributed by atoms with Gasteiger partial charge in [-0.15, -0.1) is 0 Å². The van der Waals surface area contributed by atoms with Crippen molar-refractivity contribution < 1.29 is 9.59 Å². The Balaban J connectivity index is 2.16. The van der Waals surface area contributed by atoms with Gasteiger partial charge in [-0.25, -0.2) is 0 Å².